The maximum absolute atomic E-state index is 13.7. The van der Waals surface area contributed by atoms with E-state index in [1.54, 1.807) is 4.90 Å². The zero-order valence-corrected chi connectivity index (χ0v) is 27.1. The van der Waals surface area contributed by atoms with Crippen LogP contribution in [0.15, 0.2) is 53.8 Å². The average Bonchev–Trinajstić information content (AvgIpc) is 3.20. The first-order valence-electron chi connectivity index (χ1n) is 15.6. The minimum atomic E-state index is -0.590. The number of rotatable bonds is 4. The average molecular weight is 589 g/mol. The van der Waals surface area contributed by atoms with Crippen molar-refractivity contribution in [3.63, 3.8) is 0 Å². The normalized spacial score (nSPS) is 26.9. The van der Waals surface area contributed by atoms with Crippen molar-refractivity contribution < 1.29 is 9.59 Å². The highest BCUT2D eigenvalue weighted by atomic mass is 32.1. The number of carbonyl (C=O) groups excluding carboxylic acids is 2. The maximum atomic E-state index is 13.7. The number of thiophene rings is 1. The maximum Gasteiger partial charge on any atom is 0.313 e. The summed E-state index contributed by atoms with van der Waals surface area (Å²) in [5, 5.41) is 4.18. The van der Waals surface area contributed by atoms with E-state index in [9.17, 15) is 9.59 Å². The van der Waals surface area contributed by atoms with Crippen molar-refractivity contribution in [2.75, 3.05) is 26.7 Å². The molecular formula is C35H48N4O2S. The molecule has 2 saturated heterocycles. The molecule has 1 aromatic heterocycles. The minimum Gasteiger partial charge on any atom is -0.327 e. The standard InChI is InChI=1S/C35H48N4O2S/c1-8-24-17-26(12-10-22(3)31(24)36)37-33(40)34(41)39-19-21(2)9-13-29(39)25-11-14-30-27(18-25)23(4)32(42-30)28-15-16-38(7)20-35(28,5)6/h11-12,14,17-18,21,28-29,31H,3,8-10,13,15-16,19-20,36H2,1-2,4-7H3,(H,37,40)/t21-,28?,29+,31?/m0/s1. The molecule has 226 valence electrons. The lowest BCUT2D eigenvalue weighted by Crippen LogP contribution is -2.48. The Hall–Kier alpha value is -2.74. The van der Waals surface area contributed by atoms with Gasteiger partial charge in [-0.25, -0.2) is 0 Å². The molecule has 5 rings (SSSR count). The number of benzene rings is 1. The second kappa shape index (κ2) is 12.1. The minimum absolute atomic E-state index is 0.121. The van der Waals surface area contributed by atoms with Gasteiger partial charge < -0.3 is 20.9 Å². The summed E-state index contributed by atoms with van der Waals surface area (Å²) in [5.74, 6) is -0.179. The molecule has 3 heterocycles. The van der Waals surface area contributed by atoms with Gasteiger partial charge in [-0.15, -0.1) is 11.3 Å². The van der Waals surface area contributed by atoms with Crippen LogP contribution in [-0.2, 0) is 9.59 Å². The third-order valence-electron chi connectivity index (χ3n) is 9.82. The molecule has 6 nitrogen and oxygen atoms in total. The fourth-order valence-corrected chi connectivity index (χ4v) is 8.87. The van der Waals surface area contributed by atoms with Crippen molar-refractivity contribution >= 4 is 33.2 Å². The Kier molecular flexibility index (Phi) is 8.85. The van der Waals surface area contributed by atoms with Gasteiger partial charge in [0.1, 0.15) is 0 Å². The monoisotopic (exact) mass is 588 g/mol. The van der Waals surface area contributed by atoms with Gasteiger partial charge in [0.05, 0.1) is 6.04 Å². The highest BCUT2D eigenvalue weighted by Gasteiger charge is 2.38. The first-order valence-corrected chi connectivity index (χ1v) is 16.4. The number of hydrogen-bond acceptors (Lipinski definition) is 5. The van der Waals surface area contributed by atoms with E-state index in [4.69, 9.17) is 5.73 Å². The van der Waals surface area contributed by atoms with Crippen molar-refractivity contribution in [2.24, 2.45) is 17.1 Å². The molecule has 2 amide bonds. The van der Waals surface area contributed by atoms with Gasteiger partial charge in [-0.2, -0.15) is 0 Å². The lowest BCUT2D eigenvalue weighted by molar-refractivity contribution is -0.148. The number of carbonyl (C=O) groups is 2. The fourth-order valence-electron chi connectivity index (χ4n) is 7.33. The second-order valence-electron chi connectivity index (χ2n) is 13.6. The summed E-state index contributed by atoms with van der Waals surface area (Å²) in [5.41, 5.74) is 11.6. The summed E-state index contributed by atoms with van der Waals surface area (Å²) >= 11 is 1.94. The SMILES string of the molecule is C=C1CC=C(NC(=O)C(=O)N2C[C@@H](C)CC[C@@H]2c2ccc3sc(C4CCN(C)CC4(C)C)c(C)c3c2)C=C(CC)C1N. The third kappa shape index (κ3) is 6.01. The Morgan fingerprint density at radius 2 is 1.98 bits per heavy atom. The van der Waals surface area contributed by atoms with E-state index in [-0.39, 0.29) is 17.5 Å². The number of piperidine rings is 2. The number of allylic oxidation sites excluding steroid dienone is 2. The van der Waals surface area contributed by atoms with Crippen molar-refractivity contribution in [2.45, 2.75) is 84.7 Å². The first-order chi connectivity index (χ1) is 19.9. The van der Waals surface area contributed by atoms with E-state index >= 15 is 0 Å². The van der Waals surface area contributed by atoms with Gasteiger partial charge in [0.2, 0.25) is 0 Å². The van der Waals surface area contributed by atoms with Crippen LogP contribution >= 0.6 is 11.3 Å². The van der Waals surface area contributed by atoms with Gasteiger partial charge >= 0.3 is 11.8 Å². The first kappa shape index (κ1) is 30.7. The molecule has 7 heteroatoms. The number of hydrogen-bond donors (Lipinski definition) is 2. The Bertz CT molecular complexity index is 1450. The summed E-state index contributed by atoms with van der Waals surface area (Å²) in [6, 6.07) is 6.35. The lowest BCUT2D eigenvalue weighted by atomic mass is 9.72. The van der Waals surface area contributed by atoms with Gasteiger partial charge in [-0.05, 0) is 104 Å². The highest BCUT2D eigenvalue weighted by Crippen LogP contribution is 2.48. The van der Waals surface area contributed by atoms with Crippen molar-refractivity contribution in [1.29, 1.82) is 0 Å². The number of nitrogens with one attached hydrogen (secondary N) is 1. The van der Waals surface area contributed by atoms with E-state index < -0.39 is 11.8 Å². The molecule has 0 spiro atoms. The number of likely N-dealkylation sites (tertiary alicyclic amines) is 2. The predicted octanol–water partition coefficient (Wildman–Crippen LogP) is 6.58. The zero-order valence-electron chi connectivity index (χ0n) is 26.3. The number of nitrogens with two attached hydrogens (primary N) is 1. The van der Waals surface area contributed by atoms with E-state index in [2.05, 4.69) is 69.7 Å². The van der Waals surface area contributed by atoms with Gasteiger partial charge in [-0.3, -0.25) is 9.59 Å². The van der Waals surface area contributed by atoms with Crippen LogP contribution in [0.25, 0.3) is 10.1 Å². The van der Waals surface area contributed by atoms with Crippen LogP contribution in [0.2, 0.25) is 0 Å². The Labute approximate surface area is 255 Å². The smallest absolute Gasteiger partial charge is 0.313 e. The molecule has 3 aliphatic rings. The van der Waals surface area contributed by atoms with E-state index in [1.165, 1.54) is 26.9 Å². The van der Waals surface area contributed by atoms with Gasteiger partial charge in [0.15, 0.2) is 0 Å². The molecule has 42 heavy (non-hydrogen) atoms. The van der Waals surface area contributed by atoms with Crippen LogP contribution < -0.4 is 11.1 Å². The second-order valence-corrected chi connectivity index (χ2v) is 14.7. The van der Waals surface area contributed by atoms with Crippen LogP contribution in [0.4, 0.5) is 0 Å². The third-order valence-corrected chi connectivity index (χ3v) is 11.2. The number of fused-ring (bicyclic) bond motifs is 1. The molecule has 0 bridgehead atoms. The van der Waals surface area contributed by atoms with E-state index in [0.29, 0.717) is 30.5 Å². The summed E-state index contributed by atoms with van der Waals surface area (Å²) in [7, 11) is 2.22. The fraction of sp³-hybridized carbons (Fsp3) is 0.543. The van der Waals surface area contributed by atoms with Crippen molar-refractivity contribution in [1.82, 2.24) is 15.1 Å². The van der Waals surface area contributed by atoms with Crippen molar-refractivity contribution in [3.05, 3.63) is 69.8 Å². The van der Waals surface area contributed by atoms with Crippen LogP contribution in [0, 0.1) is 18.3 Å². The van der Waals surface area contributed by atoms with E-state index in [1.807, 2.05) is 30.4 Å². The Morgan fingerprint density at radius 3 is 2.69 bits per heavy atom. The molecule has 1 aromatic carbocycles. The molecule has 2 aromatic rings. The zero-order chi connectivity index (χ0) is 30.3. The number of aryl methyl sites for hydroxylation is 1. The van der Waals surface area contributed by atoms with Gasteiger partial charge in [0, 0.05) is 40.3 Å². The van der Waals surface area contributed by atoms with Crippen molar-refractivity contribution in [3.8, 4) is 0 Å². The number of nitrogens with zero attached hydrogens (tertiary/aromatic N) is 2. The number of amides is 2. The topological polar surface area (TPSA) is 78.7 Å². The Morgan fingerprint density at radius 1 is 1.21 bits per heavy atom. The van der Waals surface area contributed by atoms with Crippen LogP contribution in [-0.4, -0.2) is 54.3 Å². The molecule has 2 aliphatic heterocycles. The van der Waals surface area contributed by atoms with Gasteiger partial charge in [0.25, 0.3) is 0 Å². The predicted molar refractivity (Wildman–Crippen MR) is 174 cm³/mol. The molecular weight excluding hydrogens is 540 g/mol. The molecule has 2 fully saturated rings. The Balaban J connectivity index is 1.40. The summed E-state index contributed by atoms with van der Waals surface area (Å²) in [6.45, 7) is 18.2. The molecule has 2 unspecified atom stereocenters. The largest absolute Gasteiger partial charge is 0.327 e. The highest BCUT2D eigenvalue weighted by molar-refractivity contribution is 7.19. The molecule has 3 N–H and O–H groups in total. The van der Waals surface area contributed by atoms with E-state index in [0.717, 1.165) is 49.1 Å². The summed E-state index contributed by atoms with van der Waals surface area (Å²) in [4.78, 5) is 32.8. The summed E-state index contributed by atoms with van der Waals surface area (Å²) < 4.78 is 1.30. The summed E-state index contributed by atoms with van der Waals surface area (Å²) in [6.07, 6.45) is 8.19. The van der Waals surface area contributed by atoms with Crippen LogP contribution in [0.5, 0.6) is 0 Å². The molecule has 0 radical (unpaired) electrons. The lowest BCUT2D eigenvalue weighted by Gasteiger charge is -2.43. The molecule has 1 aliphatic carbocycles. The van der Waals surface area contributed by atoms with Gasteiger partial charge in [-0.1, -0.05) is 52.0 Å². The van der Waals surface area contributed by atoms with Crippen LogP contribution in [0.3, 0.4) is 0 Å². The van der Waals surface area contributed by atoms with Crippen LogP contribution in [0.1, 0.15) is 87.8 Å². The molecule has 0 saturated carbocycles. The quantitative estimate of drug-likeness (QED) is 0.313. The molecule has 4 atom stereocenters.